The first-order valence-electron chi connectivity index (χ1n) is 7.43. The van der Waals surface area contributed by atoms with E-state index in [2.05, 4.69) is 20.4 Å². The van der Waals surface area contributed by atoms with Crippen LogP contribution in [0, 0.1) is 6.92 Å². The van der Waals surface area contributed by atoms with Crippen LogP contribution in [-0.4, -0.2) is 45.5 Å². The molecule has 0 aliphatic rings. The van der Waals surface area contributed by atoms with Gasteiger partial charge in [-0.25, -0.2) is 4.98 Å². The lowest BCUT2D eigenvalue weighted by atomic mass is 10.1. The first-order chi connectivity index (χ1) is 11.6. The third-order valence-electron chi connectivity index (χ3n) is 3.61. The van der Waals surface area contributed by atoms with Gasteiger partial charge in [-0.1, -0.05) is 0 Å². The van der Waals surface area contributed by atoms with Gasteiger partial charge in [0.05, 0.1) is 20.3 Å². The van der Waals surface area contributed by atoms with Gasteiger partial charge in [-0.2, -0.15) is 14.6 Å². The number of ether oxygens (including phenoxy) is 2. The van der Waals surface area contributed by atoms with Crippen molar-refractivity contribution >= 4 is 11.6 Å². The molecule has 0 aliphatic heterocycles. The van der Waals surface area contributed by atoms with Gasteiger partial charge in [-0.15, -0.1) is 0 Å². The first-order valence-corrected chi connectivity index (χ1v) is 7.43. The van der Waals surface area contributed by atoms with E-state index in [1.54, 1.807) is 36.9 Å². The highest BCUT2D eigenvalue weighted by Gasteiger charge is 2.13. The molecule has 0 fully saturated rings. The summed E-state index contributed by atoms with van der Waals surface area (Å²) in [6.45, 7) is 2.16. The van der Waals surface area contributed by atoms with E-state index in [0.717, 1.165) is 5.69 Å². The van der Waals surface area contributed by atoms with E-state index < -0.39 is 6.10 Å². The van der Waals surface area contributed by atoms with Crippen LogP contribution < -0.4 is 14.8 Å². The van der Waals surface area contributed by atoms with Gasteiger partial charge in [0, 0.05) is 24.4 Å². The standard InChI is InChI=1S/C16H19N5O3/c1-10-4-15(21-16(20-10)18-9-19-21)17-8-14(22)11-5-12(23-2)7-13(6-11)24-3/h4-7,9,14,17,22H,8H2,1-3H3. The highest BCUT2D eigenvalue weighted by molar-refractivity contribution is 5.45. The number of nitrogens with one attached hydrogen (secondary N) is 1. The number of hydrogen-bond donors (Lipinski definition) is 2. The summed E-state index contributed by atoms with van der Waals surface area (Å²) in [5.41, 5.74) is 1.51. The van der Waals surface area contributed by atoms with Gasteiger partial charge < -0.3 is 19.9 Å². The summed E-state index contributed by atoms with van der Waals surface area (Å²) in [7, 11) is 3.15. The lowest BCUT2D eigenvalue weighted by Gasteiger charge is -2.16. The van der Waals surface area contributed by atoms with Crippen LogP contribution in [0.5, 0.6) is 11.5 Å². The Labute approximate surface area is 139 Å². The van der Waals surface area contributed by atoms with Crippen molar-refractivity contribution in [3.8, 4) is 11.5 Å². The third-order valence-corrected chi connectivity index (χ3v) is 3.61. The zero-order valence-electron chi connectivity index (χ0n) is 13.7. The molecule has 3 aromatic rings. The molecule has 1 atom stereocenters. The Morgan fingerprint density at radius 3 is 2.54 bits per heavy atom. The molecule has 0 aliphatic carbocycles. The normalized spacial score (nSPS) is 12.2. The van der Waals surface area contributed by atoms with E-state index >= 15 is 0 Å². The zero-order chi connectivity index (χ0) is 17.1. The van der Waals surface area contributed by atoms with Crippen LogP contribution in [0.25, 0.3) is 5.78 Å². The molecule has 3 rings (SSSR count). The fourth-order valence-electron chi connectivity index (χ4n) is 2.40. The largest absolute Gasteiger partial charge is 0.497 e. The van der Waals surface area contributed by atoms with Gasteiger partial charge in [0.2, 0.25) is 0 Å². The number of aliphatic hydroxyl groups excluding tert-OH is 1. The number of rotatable bonds is 6. The third kappa shape index (κ3) is 3.23. The first kappa shape index (κ1) is 16.0. The second kappa shape index (κ2) is 6.71. The lowest BCUT2D eigenvalue weighted by molar-refractivity contribution is 0.190. The van der Waals surface area contributed by atoms with Crippen molar-refractivity contribution in [2.24, 2.45) is 0 Å². The van der Waals surface area contributed by atoms with Crippen molar-refractivity contribution < 1.29 is 14.6 Å². The molecule has 1 unspecified atom stereocenters. The van der Waals surface area contributed by atoms with Crippen molar-refractivity contribution in [2.45, 2.75) is 13.0 Å². The fourth-order valence-corrected chi connectivity index (χ4v) is 2.40. The Morgan fingerprint density at radius 2 is 1.88 bits per heavy atom. The number of benzene rings is 1. The van der Waals surface area contributed by atoms with Crippen molar-refractivity contribution in [3.63, 3.8) is 0 Å². The van der Waals surface area contributed by atoms with E-state index in [9.17, 15) is 5.11 Å². The molecule has 2 N–H and O–H groups in total. The number of methoxy groups -OCH3 is 2. The molecule has 1 aromatic carbocycles. The Bertz CT molecular complexity index is 827. The van der Waals surface area contributed by atoms with Crippen LogP contribution in [0.1, 0.15) is 17.4 Å². The minimum Gasteiger partial charge on any atom is -0.497 e. The number of fused-ring (bicyclic) bond motifs is 1. The van der Waals surface area contributed by atoms with Crippen molar-refractivity contribution in [1.29, 1.82) is 0 Å². The minimum atomic E-state index is -0.749. The Hall–Kier alpha value is -2.87. The summed E-state index contributed by atoms with van der Waals surface area (Å²) in [4.78, 5) is 8.36. The van der Waals surface area contributed by atoms with Crippen LogP contribution in [0.4, 0.5) is 5.82 Å². The molecule has 0 amide bonds. The lowest BCUT2D eigenvalue weighted by Crippen LogP contribution is -2.15. The molecule has 2 aromatic heterocycles. The van der Waals surface area contributed by atoms with E-state index in [-0.39, 0.29) is 6.54 Å². The summed E-state index contributed by atoms with van der Waals surface area (Å²) in [6.07, 6.45) is 0.692. The number of aryl methyl sites for hydroxylation is 1. The van der Waals surface area contributed by atoms with E-state index in [4.69, 9.17) is 9.47 Å². The molecule has 8 nitrogen and oxygen atoms in total. The smallest absolute Gasteiger partial charge is 0.254 e. The van der Waals surface area contributed by atoms with E-state index in [1.165, 1.54) is 6.33 Å². The van der Waals surface area contributed by atoms with Crippen molar-refractivity contribution in [3.05, 3.63) is 41.9 Å². The van der Waals surface area contributed by atoms with Crippen LogP contribution in [0.3, 0.4) is 0 Å². The quantitative estimate of drug-likeness (QED) is 0.709. The number of nitrogens with zero attached hydrogens (tertiary/aromatic N) is 4. The summed E-state index contributed by atoms with van der Waals surface area (Å²) in [6, 6.07) is 7.16. The molecule has 0 saturated heterocycles. The average Bonchev–Trinajstić information content (AvgIpc) is 3.07. The number of hydrogen-bond acceptors (Lipinski definition) is 7. The second-order valence-electron chi connectivity index (χ2n) is 5.30. The maximum atomic E-state index is 10.5. The Morgan fingerprint density at radius 1 is 1.17 bits per heavy atom. The van der Waals surface area contributed by atoms with Crippen LogP contribution in [0.2, 0.25) is 0 Å². The SMILES string of the molecule is COc1cc(OC)cc(C(O)CNc2cc(C)nc3ncnn23)c1. The van der Waals surface area contributed by atoms with Gasteiger partial charge in [-0.05, 0) is 24.6 Å². The maximum absolute atomic E-state index is 10.5. The Balaban J connectivity index is 1.80. The van der Waals surface area contributed by atoms with Gasteiger partial charge in [0.1, 0.15) is 23.6 Å². The van der Waals surface area contributed by atoms with Gasteiger partial charge in [-0.3, -0.25) is 0 Å². The molecule has 0 spiro atoms. The van der Waals surface area contributed by atoms with Gasteiger partial charge in [0.25, 0.3) is 5.78 Å². The monoisotopic (exact) mass is 329 g/mol. The topological polar surface area (TPSA) is 93.8 Å². The van der Waals surface area contributed by atoms with Gasteiger partial charge in [0.15, 0.2) is 0 Å². The number of aromatic nitrogens is 4. The predicted molar refractivity (Wildman–Crippen MR) is 88.5 cm³/mol. The number of anilines is 1. The molecule has 126 valence electrons. The summed E-state index contributed by atoms with van der Waals surface area (Å²) in [5.74, 6) is 2.47. The summed E-state index contributed by atoms with van der Waals surface area (Å²) >= 11 is 0. The maximum Gasteiger partial charge on any atom is 0.254 e. The van der Waals surface area contributed by atoms with Crippen LogP contribution in [0.15, 0.2) is 30.6 Å². The second-order valence-corrected chi connectivity index (χ2v) is 5.30. The van der Waals surface area contributed by atoms with Crippen LogP contribution >= 0.6 is 0 Å². The molecule has 2 heterocycles. The van der Waals surface area contributed by atoms with Crippen molar-refractivity contribution in [2.75, 3.05) is 26.1 Å². The Kier molecular flexibility index (Phi) is 4.48. The molecule has 0 bridgehead atoms. The zero-order valence-corrected chi connectivity index (χ0v) is 13.7. The van der Waals surface area contributed by atoms with Crippen LogP contribution in [-0.2, 0) is 0 Å². The highest BCUT2D eigenvalue weighted by atomic mass is 16.5. The van der Waals surface area contributed by atoms with E-state index in [0.29, 0.717) is 28.7 Å². The summed E-state index contributed by atoms with van der Waals surface area (Å²) < 4.78 is 12.1. The highest BCUT2D eigenvalue weighted by Crippen LogP contribution is 2.26. The molecule has 0 saturated carbocycles. The predicted octanol–water partition coefficient (Wildman–Crippen LogP) is 1.60. The van der Waals surface area contributed by atoms with E-state index in [1.807, 2.05) is 13.0 Å². The average molecular weight is 329 g/mol. The number of aliphatic hydroxyl groups is 1. The fraction of sp³-hybridized carbons (Fsp3) is 0.312. The van der Waals surface area contributed by atoms with Crippen molar-refractivity contribution in [1.82, 2.24) is 19.6 Å². The molecule has 0 radical (unpaired) electrons. The minimum absolute atomic E-state index is 0.286. The van der Waals surface area contributed by atoms with Gasteiger partial charge >= 0.3 is 0 Å². The molecule has 24 heavy (non-hydrogen) atoms. The molecular weight excluding hydrogens is 310 g/mol. The molecule has 8 heteroatoms. The summed E-state index contributed by atoms with van der Waals surface area (Å²) in [5, 5.41) is 17.8. The molecular formula is C16H19N5O3.